The van der Waals surface area contributed by atoms with E-state index in [0.717, 1.165) is 5.56 Å². The van der Waals surface area contributed by atoms with Gasteiger partial charge in [0.15, 0.2) is 0 Å². The van der Waals surface area contributed by atoms with Gasteiger partial charge in [-0.3, -0.25) is 9.69 Å². The average Bonchev–Trinajstić information content (AvgIpc) is 2.64. The van der Waals surface area contributed by atoms with Crippen molar-refractivity contribution in [3.8, 4) is 5.75 Å². The molecule has 2 aromatic carbocycles. The molecule has 1 amide bonds. The molecule has 5 heteroatoms. The number of ether oxygens (including phenoxy) is 2. The fourth-order valence-corrected chi connectivity index (χ4v) is 2.71. The molecule has 0 saturated carbocycles. The molecule has 1 fully saturated rings. The van der Waals surface area contributed by atoms with Crippen LogP contribution in [-0.4, -0.2) is 30.0 Å². The van der Waals surface area contributed by atoms with Gasteiger partial charge in [0.05, 0.1) is 7.11 Å². The van der Waals surface area contributed by atoms with Crippen LogP contribution in [0.2, 0.25) is 0 Å². The van der Waals surface area contributed by atoms with E-state index in [4.69, 9.17) is 4.74 Å². The summed E-state index contributed by atoms with van der Waals surface area (Å²) in [6.45, 7) is 3.69. The fourth-order valence-electron chi connectivity index (χ4n) is 2.71. The number of nitrogens with zero attached hydrogens (tertiary/aromatic N) is 1. The molecule has 0 unspecified atom stereocenters. The number of hydrogen-bond donors (Lipinski definition) is 0. The van der Waals surface area contributed by atoms with Crippen LogP contribution in [0.25, 0.3) is 0 Å². The quantitative estimate of drug-likeness (QED) is 0.482. The predicted octanol–water partition coefficient (Wildman–Crippen LogP) is 2.70. The molecule has 1 aliphatic rings. The van der Waals surface area contributed by atoms with Crippen LogP contribution in [0.3, 0.4) is 0 Å². The lowest BCUT2D eigenvalue weighted by molar-refractivity contribution is -0.164. The monoisotopic (exact) mass is 323 g/mol. The maximum atomic E-state index is 12.5. The van der Waals surface area contributed by atoms with Gasteiger partial charge in [0.2, 0.25) is 6.10 Å². The zero-order valence-electron chi connectivity index (χ0n) is 13.2. The number of carbonyl (C=O) groups excluding carboxylic acids is 2. The molecule has 5 nitrogen and oxygen atoms in total. The number of amides is 1. The first-order valence-electron chi connectivity index (χ1n) is 7.50. The number of esters is 1. The number of carbonyl (C=O) groups is 2. The van der Waals surface area contributed by atoms with Gasteiger partial charge in [0.25, 0.3) is 5.91 Å². The first-order valence-corrected chi connectivity index (χ1v) is 7.50. The summed E-state index contributed by atoms with van der Waals surface area (Å²) in [5.41, 5.74) is 0.868. The molecule has 1 heterocycles. The first-order chi connectivity index (χ1) is 11.6. The predicted molar refractivity (Wildman–Crippen MR) is 88.0 cm³/mol. The Labute approximate surface area is 140 Å². The lowest BCUT2D eigenvalue weighted by Gasteiger charge is -2.46. The molecular weight excluding hydrogens is 306 g/mol. The van der Waals surface area contributed by atoms with Crippen LogP contribution in [-0.2, 0) is 14.3 Å². The highest BCUT2D eigenvalue weighted by atomic mass is 16.5. The van der Waals surface area contributed by atoms with Crippen molar-refractivity contribution in [1.82, 2.24) is 4.90 Å². The Morgan fingerprint density at radius 2 is 1.62 bits per heavy atom. The summed E-state index contributed by atoms with van der Waals surface area (Å²) >= 11 is 0. The van der Waals surface area contributed by atoms with Crippen molar-refractivity contribution in [2.24, 2.45) is 0 Å². The van der Waals surface area contributed by atoms with Crippen LogP contribution >= 0.6 is 0 Å². The highest BCUT2D eigenvalue weighted by Crippen LogP contribution is 2.40. The second-order valence-corrected chi connectivity index (χ2v) is 5.35. The molecule has 0 spiro atoms. The number of methoxy groups -OCH3 is 1. The molecule has 0 radical (unpaired) electrons. The normalized spacial score (nSPS) is 19.4. The van der Waals surface area contributed by atoms with Crippen molar-refractivity contribution >= 4 is 11.9 Å². The van der Waals surface area contributed by atoms with Crippen LogP contribution in [0.15, 0.2) is 72.9 Å². The minimum absolute atomic E-state index is 0.00395. The Morgan fingerprint density at radius 3 is 2.21 bits per heavy atom. The van der Waals surface area contributed by atoms with Gasteiger partial charge in [-0.05, 0) is 17.7 Å². The third-order valence-electron chi connectivity index (χ3n) is 3.90. The van der Waals surface area contributed by atoms with Crippen molar-refractivity contribution in [3.05, 3.63) is 78.5 Å². The minimum atomic E-state index is -0.712. The molecule has 2 aromatic rings. The van der Waals surface area contributed by atoms with Gasteiger partial charge in [0.1, 0.15) is 17.5 Å². The van der Waals surface area contributed by atoms with Crippen LogP contribution < -0.4 is 4.74 Å². The minimum Gasteiger partial charge on any atom is -0.478 e. The van der Waals surface area contributed by atoms with E-state index in [1.54, 1.807) is 12.1 Å². The zero-order valence-corrected chi connectivity index (χ0v) is 13.2. The second kappa shape index (κ2) is 6.58. The molecule has 1 aliphatic heterocycles. The van der Waals surface area contributed by atoms with Crippen molar-refractivity contribution in [3.63, 3.8) is 0 Å². The molecule has 0 bridgehead atoms. The molecule has 3 rings (SSSR count). The summed E-state index contributed by atoms with van der Waals surface area (Å²) in [6, 6.07) is 18.1. The molecule has 24 heavy (non-hydrogen) atoms. The van der Waals surface area contributed by atoms with Crippen LogP contribution in [0, 0.1) is 0 Å². The van der Waals surface area contributed by atoms with E-state index < -0.39 is 18.1 Å². The summed E-state index contributed by atoms with van der Waals surface area (Å²) in [6.07, 6.45) is -0.712. The molecule has 0 aliphatic carbocycles. The molecule has 2 atom stereocenters. The maximum absolute atomic E-state index is 12.5. The lowest BCUT2D eigenvalue weighted by Crippen LogP contribution is -2.61. The van der Waals surface area contributed by atoms with Gasteiger partial charge >= 0.3 is 5.97 Å². The molecule has 0 aromatic heterocycles. The number of hydrogen-bond acceptors (Lipinski definition) is 4. The second-order valence-electron chi connectivity index (χ2n) is 5.35. The van der Waals surface area contributed by atoms with E-state index in [1.807, 2.05) is 48.5 Å². The number of β-lactam (4-membered cyclic amide) rings is 1. The summed E-state index contributed by atoms with van der Waals surface area (Å²) in [5, 5.41) is 0. The van der Waals surface area contributed by atoms with Gasteiger partial charge in [-0.1, -0.05) is 55.1 Å². The number of para-hydroxylation sites is 1. The number of likely N-dealkylation sites (tertiary alicyclic amines) is 1. The standard InChI is InChI=1S/C19H17NO4/c1-13(19(22)23-2)20-16(14-9-5-3-6-10-14)17(18(20)21)24-15-11-7-4-8-12-15/h3-12,16-17H,1H2,2H3/t16-,17+/m1/s1. The Hall–Kier alpha value is -3.08. The number of benzene rings is 2. The van der Waals surface area contributed by atoms with Crippen molar-refractivity contribution in [2.75, 3.05) is 7.11 Å². The maximum Gasteiger partial charge on any atom is 0.354 e. The van der Waals surface area contributed by atoms with E-state index in [-0.39, 0.29) is 11.6 Å². The topological polar surface area (TPSA) is 55.8 Å². The fraction of sp³-hybridized carbons (Fsp3) is 0.158. The third kappa shape index (κ3) is 2.76. The van der Waals surface area contributed by atoms with Crippen molar-refractivity contribution < 1.29 is 19.1 Å². The molecule has 122 valence electrons. The van der Waals surface area contributed by atoms with Crippen LogP contribution in [0.1, 0.15) is 11.6 Å². The average molecular weight is 323 g/mol. The molecular formula is C19H17NO4. The van der Waals surface area contributed by atoms with E-state index in [1.165, 1.54) is 12.0 Å². The SMILES string of the molecule is C=C(C(=O)OC)N1C(=O)[C@@H](Oc2ccccc2)[C@H]1c1ccccc1. The molecule has 0 N–H and O–H groups in total. The third-order valence-corrected chi connectivity index (χ3v) is 3.90. The van der Waals surface area contributed by atoms with Crippen LogP contribution in [0.4, 0.5) is 0 Å². The highest BCUT2D eigenvalue weighted by molar-refractivity contribution is 5.99. The summed E-state index contributed by atoms with van der Waals surface area (Å²) in [4.78, 5) is 25.6. The Morgan fingerprint density at radius 1 is 1.04 bits per heavy atom. The summed E-state index contributed by atoms with van der Waals surface area (Å²) < 4.78 is 10.5. The van der Waals surface area contributed by atoms with E-state index >= 15 is 0 Å². The van der Waals surface area contributed by atoms with Gasteiger partial charge in [-0.25, -0.2) is 4.79 Å². The molecule has 1 saturated heterocycles. The number of rotatable bonds is 5. The highest BCUT2D eigenvalue weighted by Gasteiger charge is 2.52. The van der Waals surface area contributed by atoms with Gasteiger partial charge in [-0.2, -0.15) is 0 Å². The smallest absolute Gasteiger partial charge is 0.354 e. The van der Waals surface area contributed by atoms with Gasteiger partial charge in [0, 0.05) is 0 Å². The largest absolute Gasteiger partial charge is 0.478 e. The zero-order chi connectivity index (χ0) is 17.1. The van der Waals surface area contributed by atoms with Crippen LogP contribution in [0.5, 0.6) is 5.75 Å². The van der Waals surface area contributed by atoms with E-state index in [0.29, 0.717) is 5.75 Å². The lowest BCUT2D eigenvalue weighted by atomic mass is 9.90. The van der Waals surface area contributed by atoms with Crippen molar-refractivity contribution in [1.29, 1.82) is 0 Å². The Kier molecular flexibility index (Phi) is 4.33. The van der Waals surface area contributed by atoms with Crippen molar-refractivity contribution in [2.45, 2.75) is 12.1 Å². The van der Waals surface area contributed by atoms with E-state index in [9.17, 15) is 9.59 Å². The summed E-state index contributed by atoms with van der Waals surface area (Å²) in [7, 11) is 1.26. The Bertz CT molecular complexity index is 757. The Balaban J connectivity index is 1.90. The van der Waals surface area contributed by atoms with E-state index in [2.05, 4.69) is 11.3 Å². The van der Waals surface area contributed by atoms with Gasteiger partial charge in [-0.15, -0.1) is 0 Å². The van der Waals surface area contributed by atoms with Gasteiger partial charge < -0.3 is 9.47 Å². The summed E-state index contributed by atoms with van der Waals surface area (Å²) in [5.74, 6) is -0.356. The first kappa shape index (κ1) is 15.8.